The van der Waals surface area contributed by atoms with Crippen LogP contribution in [0.3, 0.4) is 0 Å². The normalized spacial score (nSPS) is 11.2. The average molecular weight is 345 g/mol. The van der Waals surface area contributed by atoms with Crippen molar-refractivity contribution in [2.75, 3.05) is 5.32 Å². The van der Waals surface area contributed by atoms with Crippen LogP contribution in [0.5, 0.6) is 0 Å². The first-order valence-corrected chi connectivity index (χ1v) is 8.66. The number of hydrogen-bond acceptors (Lipinski definition) is 4. The van der Waals surface area contributed by atoms with Crippen molar-refractivity contribution in [2.24, 2.45) is 0 Å². The lowest BCUT2D eigenvalue weighted by molar-refractivity contribution is -0.136. The van der Waals surface area contributed by atoms with E-state index in [-0.39, 0.29) is 12.0 Å². The summed E-state index contributed by atoms with van der Waals surface area (Å²) in [5.74, 6) is -1.34. The number of rotatable bonds is 3. The van der Waals surface area contributed by atoms with Crippen molar-refractivity contribution in [1.82, 2.24) is 10.3 Å². The summed E-state index contributed by atoms with van der Waals surface area (Å²) in [5, 5.41) is 8.12. The van der Waals surface area contributed by atoms with Gasteiger partial charge in [0.05, 0.1) is 17.2 Å². The Morgan fingerprint density at radius 2 is 1.83 bits per heavy atom. The van der Waals surface area contributed by atoms with Crippen LogP contribution in [-0.2, 0) is 21.5 Å². The number of aryl methyl sites for hydroxylation is 2. The number of nitrogens with one attached hydrogen (secondary N) is 2. The average Bonchev–Trinajstić information content (AvgIpc) is 2.97. The van der Waals surface area contributed by atoms with Gasteiger partial charge in [-0.25, -0.2) is 4.98 Å². The Morgan fingerprint density at radius 1 is 1.12 bits per heavy atom. The van der Waals surface area contributed by atoms with Gasteiger partial charge in [-0.1, -0.05) is 26.8 Å². The molecule has 24 heavy (non-hydrogen) atoms. The predicted molar refractivity (Wildman–Crippen MR) is 97.2 cm³/mol. The van der Waals surface area contributed by atoms with Crippen molar-refractivity contribution in [3.05, 3.63) is 45.4 Å². The molecule has 2 rings (SSSR count). The van der Waals surface area contributed by atoms with Crippen molar-refractivity contribution < 1.29 is 9.59 Å². The maximum absolute atomic E-state index is 12.0. The van der Waals surface area contributed by atoms with Gasteiger partial charge < -0.3 is 10.6 Å². The summed E-state index contributed by atoms with van der Waals surface area (Å²) in [7, 11) is 0. The van der Waals surface area contributed by atoms with E-state index in [1.807, 2.05) is 31.4 Å². The SMILES string of the molecule is Cc1ccc(NC(=O)C(=O)NCc2csc(C(C)(C)C)n2)cc1C. The molecule has 0 saturated heterocycles. The summed E-state index contributed by atoms with van der Waals surface area (Å²) in [6.07, 6.45) is 0. The Kier molecular flexibility index (Phi) is 5.39. The number of hydrogen-bond donors (Lipinski definition) is 2. The van der Waals surface area contributed by atoms with Gasteiger partial charge in [-0.2, -0.15) is 0 Å². The number of aromatic nitrogens is 1. The quantitative estimate of drug-likeness (QED) is 0.839. The molecule has 0 bridgehead atoms. The van der Waals surface area contributed by atoms with E-state index in [1.54, 1.807) is 17.4 Å². The lowest BCUT2D eigenvalue weighted by Crippen LogP contribution is -2.35. The topological polar surface area (TPSA) is 71.1 Å². The zero-order valence-electron chi connectivity index (χ0n) is 14.7. The number of nitrogens with zero attached hydrogens (tertiary/aromatic N) is 1. The molecule has 1 aromatic heterocycles. The van der Waals surface area contributed by atoms with Crippen molar-refractivity contribution >= 4 is 28.8 Å². The number of amides is 2. The number of carbonyl (C=O) groups is 2. The Balaban J connectivity index is 1.91. The summed E-state index contributed by atoms with van der Waals surface area (Å²) in [6, 6.07) is 5.53. The lowest BCUT2D eigenvalue weighted by atomic mass is 9.98. The van der Waals surface area contributed by atoms with E-state index >= 15 is 0 Å². The maximum atomic E-state index is 12.0. The molecule has 0 atom stereocenters. The molecule has 6 heteroatoms. The summed E-state index contributed by atoms with van der Waals surface area (Å²) in [4.78, 5) is 28.4. The zero-order valence-corrected chi connectivity index (χ0v) is 15.5. The molecule has 0 unspecified atom stereocenters. The molecular weight excluding hydrogens is 322 g/mol. The molecule has 0 aliphatic rings. The second-order valence-corrected chi connectivity index (χ2v) is 7.69. The third-order valence-electron chi connectivity index (χ3n) is 3.59. The van der Waals surface area contributed by atoms with Crippen molar-refractivity contribution in [3.63, 3.8) is 0 Å². The van der Waals surface area contributed by atoms with Crippen molar-refractivity contribution in [3.8, 4) is 0 Å². The Bertz CT molecular complexity index is 760. The molecule has 128 valence electrons. The molecule has 0 aliphatic heterocycles. The van der Waals surface area contributed by atoms with Crippen LogP contribution in [0.4, 0.5) is 5.69 Å². The third-order valence-corrected chi connectivity index (χ3v) is 4.91. The van der Waals surface area contributed by atoms with E-state index < -0.39 is 11.8 Å². The zero-order chi connectivity index (χ0) is 17.9. The van der Waals surface area contributed by atoms with E-state index in [4.69, 9.17) is 0 Å². The van der Waals surface area contributed by atoms with Crippen LogP contribution < -0.4 is 10.6 Å². The molecule has 0 fully saturated rings. The van der Waals surface area contributed by atoms with E-state index in [1.165, 1.54) is 0 Å². The fourth-order valence-electron chi connectivity index (χ4n) is 1.99. The monoisotopic (exact) mass is 345 g/mol. The summed E-state index contributed by atoms with van der Waals surface area (Å²) < 4.78 is 0. The summed E-state index contributed by atoms with van der Waals surface area (Å²) in [5.41, 5.74) is 3.55. The van der Waals surface area contributed by atoms with E-state index in [2.05, 4.69) is 36.4 Å². The molecule has 0 radical (unpaired) electrons. The minimum Gasteiger partial charge on any atom is -0.342 e. The van der Waals surface area contributed by atoms with E-state index in [0.29, 0.717) is 5.69 Å². The van der Waals surface area contributed by atoms with Gasteiger partial charge in [0, 0.05) is 16.5 Å². The van der Waals surface area contributed by atoms with Gasteiger partial charge >= 0.3 is 11.8 Å². The van der Waals surface area contributed by atoms with Gasteiger partial charge in [0.1, 0.15) is 0 Å². The molecule has 1 aromatic carbocycles. The Hall–Kier alpha value is -2.21. The highest BCUT2D eigenvalue weighted by molar-refractivity contribution is 7.09. The van der Waals surface area contributed by atoms with Crippen LogP contribution in [0.1, 0.15) is 42.6 Å². The Morgan fingerprint density at radius 3 is 2.42 bits per heavy atom. The smallest absolute Gasteiger partial charge is 0.313 e. The fraction of sp³-hybridized carbons (Fsp3) is 0.389. The molecule has 5 nitrogen and oxygen atoms in total. The molecule has 2 aromatic rings. The second kappa shape index (κ2) is 7.13. The van der Waals surface area contributed by atoms with Crippen LogP contribution in [0.2, 0.25) is 0 Å². The first-order valence-electron chi connectivity index (χ1n) is 7.78. The van der Waals surface area contributed by atoms with Gasteiger partial charge in [0.25, 0.3) is 0 Å². The lowest BCUT2D eigenvalue weighted by Gasteiger charge is -2.13. The van der Waals surface area contributed by atoms with Crippen molar-refractivity contribution in [1.29, 1.82) is 0 Å². The van der Waals surface area contributed by atoms with Gasteiger partial charge in [-0.05, 0) is 37.1 Å². The number of carbonyl (C=O) groups excluding carboxylic acids is 2. The fourth-order valence-corrected chi connectivity index (χ4v) is 2.90. The highest BCUT2D eigenvalue weighted by atomic mass is 32.1. The van der Waals surface area contributed by atoms with Gasteiger partial charge in [-0.15, -0.1) is 11.3 Å². The Labute approximate surface area is 146 Å². The minimum atomic E-state index is -0.676. The number of benzene rings is 1. The molecule has 0 spiro atoms. The van der Waals surface area contributed by atoms with Gasteiger partial charge in [-0.3, -0.25) is 9.59 Å². The van der Waals surface area contributed by atoms with E-state index in [0.717, 1.165) is 21.8 Å². The third kappa shape index (κ3) is 4.64. The van der Waals surface area contributed by atoms with Gasteiger partial charge in [0.2, 0.25) is 0 Å². The second-order valence-electron chi connectivity index (χ2n) is 6.83. The maximum Gasteiger partial charge on any atom is 0.313 e. The largest absolute Gasteiger partial charge is 0.342 e. The minimum absolute atomic E-state index is 0.0202. The molecule has 1 heterocycles. The molecule has 2 N–H and O–H groups in total. The van der Waals surface area contributed by atoms with Crippen LogP contribution >= 0.6 is 11.3 Å². The first-order chi connectivity index (χ1) is 11.2. The molecular formula is C18H23N3O2S. The highest BCUT2D eigenvalue weighted by Crippen LogP contribution is 2.25. The first kappa shape index (κ1) is 18.1. The van der Waals surface area contributed by atoms with Crippen LogP contribution in [0.25, 0.3) is 0 Å². The standard InChI is InChI=1S/C18H23N3O2S/c1-11-6-7-13(8-12(11)2)20-16(23)15(22)19-9-14-10-24-17(21-14)18(3,4)5/h6-8,10H,9H2,1-5H3,(H,19,22)(H,20,23). The van der Waals surface area contributed by atoms with Crippen LogP contribution in [0, 0.1) is 13.8 Å². The summed E-state index contributed by atoms with van der Waals surface area (Å²) >= 11 is 1.56. The van der Waals surface area contributed by atoms with E-state index in [9.17, 15) is 9.59 Å². The number of anilines is 1. The number of thiazole rings is 1. The highest BCUT2D eigenvalue weighted by Gasteiger charge is 2.19. The molecule has 0 aliphatic carbocycles. The van der Waals surface area contributed by atoms with Crippen molar-refractivity contribution in [2.45, 2.75) is 46.6 Å². The van der Waals surface area contributed by atoms with Crippen LogP contribution in [-0.4, -0.2) is 16.8 Å². The molecule has 2 amide bonds. The predicted octanol–water partition coefficient (Wildman–Crippen LogP) is 3.31. The van der Waals surface area contributed by atoms with Crippen LogP contribution in [0.15, 0.2) is 23.6 Å². The summed E-state index contributed by atoms with van der Waals surface area (Å²) in [6.45, 7) is 10.5. The molecule has 0 saturated carbocycles. The van der Waals surface area contributed by atoms with Gasteiger partial charge in [0.15, 0.2) is 0 Å².